The van der Waals surface area contributed by atoms with Crippen LogP contribution in [0.2, 0.25) is 0 Å². The Kier molecular flexibility index (Phi) is 3.72. The number of aryl methyl sites for hydroxylation is 2. The molecule has 4 rings (SSSR count). The van der Waals surface area contributed by atoms with E-state index in [9.17, 15) is 0 Å². The summed E-state index contributed by atoms with van der Waals surface area (Å²) in [4.78, 5) is 8.92. The molecule has 0 fully saturated rings. The number of pyridine rings is 2. The summed E-state index contributed by atoms with van der Waals surface area (Å²) in [7, 11) is 1.68. The molecule has 0 unspecified atom stereocenters. The molecule has 0 aliphatic carbocycles. The Morgan fingerprint density at radius 1 is 1.24 bits per heavy atom. The van der Waals surface area contributed by atoms with E-state index in [1.165, 1.54) is 0 Å². The van der Waals surface area contributed by atoms with Crippen LogP contribution in [0.3, 0.4) is 0 Å². The van der Waals surface area contributed by atoms with Gasteiger partial charge in [-0.05, 0) is 43.2 Å². The van der Waals surface area contributed by atoms with Gasteiger partial charge in [-0.15, -0.1) is 0 Å². The number of methoxy groups -OCH3 is 1. The lowest BCUT2D eigenvalue weighted by Gasteiger charge is -2.14. The molecule has 6 nitrogen and oxygen atoms in total. The lowest BCUT2D eigenvalue weighted by molar-refractivity contribution is 0.415. The molecule has 0 bridgehead atoms. The van der Waals surface area contributed by atoms with Crippen molar-refractivity contribution in [3.8, 4) is 5.75 Å². The minimum absolute atomic E-state index is 0.670. The first-order chi connectivity index (χ1) is 12.2. The number of ether oxygens (including phenoxy) is 1. The van der Waals surface area contributed by atoms with Crippen LogP contribution in [0.25, 0.3) is 21.9 Å². The van der Waals surface area contributed by atoms with E-state index in [1.54, 1.807) is 13.3 Å². The third-order valence-corrected chi connectivity index (χ3v) is 4.37. The number of H-pyrrole nitrogens is 1. The van der Waals surface area contributed by atoms with Gasteiger partial charge in [-0.2, -0.15) is 5.10 Å². The maximum absolute atomic E-state index is 5.46. The third kappa shape index (κ3) is 2.65. The highest BCUT2D eigenvalue weighted by atomic mass is 16.5. The zero-order valence-electron chi connectivity index (χ0n) is 14.4. The van der Waals surface area contributed by atoms with Crippen molar-refractivity contribution in [2.75, 3.05) is 12.4 Å². The standard InChI is InChI=1S/C19H19N5O/c1-11-7-14(25-3)8-15-17(11)22-19-16(12(2)23-24-19)18(15)21-10-13-5-4-6-20-9-13/h4-9H,10H2,1-3H3,(H2,21,22,23,24). The lowest BCUT2D eigenvalue weighted by atomic mass is 10.1. The molecule has 25 heavy (non-hydrogen) atoms. The Morgan fingerprint density at radius 3 is 2.88 bits per heavy atom. The van der Waals surface area contributed by atoms with Gasteiger partial charge in [0.1, 0.15) is 5.75 Å². The van der Waals surface area contributed by atoms with Crippen LogP contribution in [0.15, 0.2) is 36.7 Å². The first-order valence-corrected chi connectivity index (χ1v) is 8.13. The van der Waals surface area contributed by atoms with Gasteiger partial charge in [0.05, 0.1) is 23.7 Å². The van der Waals surface area contributed by atoms with E-state index in [0.717, 1.165) is 44.5 Å². The van der Waals surface area contributed by atoms with E-state index >= 15 is 0 Å². The van der Waals surface area contributed by atoms with E-state index < -0.39 is 0 Å². The van der Waals surface area contributed by atoms with Crippen molar-refractivity contribution in [3.63, 3.8) is 0 Å². The number of rotatable bonds is 4. The van der Waals surface area contributed by atoms with Gasteiger partial charge >= 0.3 is 0 Å². The summed E-state index contributed by atoms with van der Waals surface area (Å²) in [6.45, 7) is 4.71. The highest BCUT2D eigenvalue weighted by molar-refractivity contribution is 6.08. The van der Waals surface area contributed by atoms with Crippen molar-refractivity contribution in [3.05, 3.63) is 53.5 Å². The monoisotopic (exact) mass is 333 g/mol. The molecule has 4 aromatic rings. The fourth-order valence-electron chi connectivity index (χ4n) is 3.12. The fraction of sp³-hybridized carbons (Fsp3) is 0.211. The molecule has 1 aromatic carbocycles. The number of nitrogens with zero attached hydrogens (tertiary/aromatic N) is 3. The van der Waals surface area contributed by atoms with Gasteiger partial charge in [-0.3, -0.25) is 10.1 Å². The molecule has 0 radical (unpaired) electrons. The summed E-state index contributed by atoms with van der Waals surface area (Å²) in [5.74, 6) is 0.816. The van der Waals surface area contributed by atoms with Gasteiger partial charge in [-0.25, -0.2) is 4.98 Å². The van der Waals surface area contributed by atoms with E-state index in [0.29, 0.717) is 12.2 Å². The zero-order valence-corrected chi connectivity index (χ0v) is 14.4. The molecular weight excluding hydrogens is 314 g/mol. The second-order valence-electron chi connectivity index (χ2n) is 6.09. The van der Waals surface area contributed by atoms with Crippen LogP contribution in [0, 0.1) is 13.8 Å². The molecule has 0 saturated carbocycles. The van der Waals surface area contributed by atoms with E-state index in [1.807, 2.05) is 38.2 Å². The molecule has 0 spiro atoms. The summed E-state index contributed by atoms with van der Waals surface area (Å²) >= 11 is 0. The van der Waals surface area contributed by atoms with Crippen LogP contribution in [0.1, 0.15) is 16.8 Å². The minimum Gasteiger partial charge on any atom is -0.497 e. The van der Waals surface area contributed by atoms with Gasteiger partial charge in [0.2, 0.25) is 0 Å². The maximum Gasteiger partial charge on any atom is 0.183 e. The second kappa shape index (κ2) is 6.05. The Labute approximate surface area is 145 Å². The highest BCUT2D eigenvalue weighted by Gasteiger charge is 2.16. The van der Waals surface area contributed by atoms with Crippen molar-refractivity contribution in [1.29, 1.82) is 0 Å². The van der Waals surface area contributed by atoms with Crippen LogP contribution in [-0.2, 0) is 6.54 Å². The summed E-state index contributed by atoms with van der Waals surface area (Å²) in [6, 6.07) is 8.00. The van der Waals surface area contributed by atoms with Crippen molar-refractivity contribution in [2.24, 2.45) is 0 Å². The van der Waals surface area contributed by atoms with Crippen molar-refractivity contribution in [2.45, 2.75) is 20.4 Å². The molecule has 126 valence electrons. The SMILES string of the molecule is COc1cc(C)c2nc3n[nH]c(C)c3c(NCc3cccnc3)c2c1. The average molecular weight is 333 g/mol. The number of fused-ring (bicyclic) bond motifs is 2. The average Bonchev–Trinajstić information content (AvgIpc) is 3.01. The molecule has 0 aliphatic rings. The predicted octanol–water partition coefficient (Wildman–Crippen LogP) is 3.74. The van der Waals surface area contributed by atoms with Gasteiger partial charge in [-0.1, -0.05) is 6.07 Å². The number of nitrogens with one attached hydrogen (secondary N) is 2. The first-order valence-electron chi connectivity index (χ1n) is 8.13. The Bertz CT molecular complexity index is 1060. The largest absolute Gasteiger partial charge is 0.497 e. The molecule has 0 aliphatic heterocycles. The lowest BCUT2D eigenvalue weighted by Crippen LogP contribution is -2.03. The van der Waals surface area contributed by atoms with Gasteiger partial charge in [0, 0.05) is 30.0 Å². The van der Waals surface area contributed by atoms with Crippen LogP contribution in [0.5, 0.6) is 5.75 Å². The van der Waals surface area contributed by atoms with Gasteiger partial charge < -0.3 is 10.1 Å². The molecule has 0 amide bonds. The van der Waals surface area contributed by atoms with Gasteiger partial charge in [0.25, 0.3) is 0 Å². The normalized spacial score (nSPS) is 11.2. The number of hydrogen-bond donors (Lipinski definition) is 2. The Morgan fingerprint density at radius 2 is 2.12 bits per heavy atom. The van der Waals surface area contributed by atoms with Crippen LogP contribution in [-0.4, -0.2) is 27.3 Å². The fourth-order valence-corrected chi connectivity index (χ4v) is 3.12. The maximum atomic E-state index is 5.46. The third-order valence-electron chi connectivity index (χ3n) is 4.37. The zero-order chi connectivity index (χ0) is 17.4. The minimum atomic E-state index is 0.670. The molecule has 0 saturated heterocycles. The molecular formula is C19H19N5O. The van der Waals surface area contributed by atoms with E-state index in [2.05, 4.69) is 26.6 Å². The number of aromatic amines is 1. The van der Waals surface area contributed by atoms with Gasteiger partial charge in [0.15, 0.2) is 5.65 Å². The number of aromatic nitrogens is 4. The summed E-state index contributed by atoms with van der Waals surface area (Å²) in [6.07, 6.45) is 3.64. The summed E-state index contributed by atoms with van der Waals surface area (Å²) in [5, 5.41) is 13.0. The summed E-state index contributed by atoms with van der Waals surface area (Å²) < 4.78 is 5.46. The first kappa shape index (κ1) is 15.4. The molecule has 2 N–H and O–H groups in total. The van der Waals surface area contributed by atoms with Crippen LogP contribution < -0.4 is 10.1 Å². The van der Waals surface area contributed by atoms with Crippen LogP contribution in [0.4, 0.5) is 5.69 Å². The quantitative estimate of drug-likeness (QED) is 0.595. The van der Waals surface area contributed by atoms with Crippen molar-refractivity contribution < 1.29 is 4.74 Å². The van der Waals surface area contributed by atoms with Crippen molar-refractivity contribution in [1.82, 2.24) is 20.2 Å². The topological polar surface area (TPSA) is 75.7 Å². The summed E-state index contributed by atoms with van der Waals surface area (Å²) in [5.41, 5.74) is 5.80. The molecule has 6 heteroatoms. The van der Waals surface area contributed by atoms with E-state index in [-0.39, 0.29) is 0 Å². The number of anilines is 1. The van der Waals surface area contributed by atoms with E-state index in [4.69, 9.17) is 9.72 Å². The van der Waals surface area contributed by atoms with Crippen LogP contribution >= 0.6 is 0 Å². The molecule has 0 atom stereocenters. The molecule has 3 aromatic heterocycles. The number of benzene rings is 1. The smallest absolute Gasteiger partial charge is 0.183 e. The molecule has 3 heterocycles. The van der Waals surface area contributed by atoms with Crippen molar-refractivity contribution >= 4 is 27.6 Å². The highest BCUT2D eigenvalue weighted by Crippen LogP contribution is 2.35. The predicted molar refractivity (Wildman–Crippen MR) is 99.0 cm³/mol. The second-order valence-corrected chi connectivity index (χ2v) is 6.09. The Balaban J connectivity index is 1.93. The Hall–Kier alpha value is -3.15. The number of hydrogen-bond acceptors (Lipinski definition) is 5.